The Morgan fingerprint density at radius 3 is 2.86 bits per heavy atom. The number of methoxy groups -OCH3 is 1. The molecule has 112 valence electrons. The van der Waals surface area contributed by atoms with Gasteiger partial charge in [0.1, 0.15) is 5.75 Å². The van der Waals surface area contributed by atoms with Crippen molar-refractivity contribution in [1.82, 2.24) is 15.4 Å². The van der Waals surface area contributed by atoms with E-state index in [2.05, 4.69) is 20.7 Å². The lowest BCUT2D eigenvalue weighted by Crippen LogP contribution is -2.11. The Morgan fingerprint density at radius 2 is 2.14 bits per heavy atom. The number of benzene rings is 1. The van der Waals surface area contributed by atoms with Crippen molar-refractivity contribution in [2.45, 2.75) is 6.92 Å². The number of carbonyl (C=O) groups is 1. The molecule has 0 spiro atoms. The second-order valence-electron chi connectivity index (χ2n) is 4.43. The number of ether oxygens (including phenoxy) is 1. The van der Waals surface area contributed by atoms with Gasteiger partial charge in [-0.25, -0.2) is 0 Å². The molecular weight excluding hydrogens is 288 g/mol. The Hall–Kier alpha value is -3.16. The summed E-state index contributed by atoms with van der Waals surface area (Å²) in [6, 6.07) is 8.62. The van der Waals surface area contributed by atoms with E-state index in [1.165, 1.54) is 6.07 Å². The minimum atomic E-state index is -0.513. The number of amides is 1. The highest BCUT2D eigenvalue weighted by Gasteiger charge is 2.16. The summed E-state index contributed by atoms with van der Waals surface area (Å²) in [6.45, 7) is 1.72. The van der Waals surface area contributed by atoms with E-state index in [0.717, 1.165) is 0 Å². The fraction of sp³-hybridized carbons (Fsp3) is 0.143. The van der Waals surface area contributed by atoms with Crippen LogP contribution in [0.2, 0.25) is 0 Å². The number of nitrogens with one attached hydrogen (secondary N) is 1. The third-order valence-corrected chi connectivity index (χ3v) is 2.81. The van der Waals surface area contributed by atoms with Crippen LogP contribution in [0, 0.1) is 6.92 Å². The summed E-state index contributed by atoms with van der Waals surface area (Å²) in [4.78, 5) is 11.9. The van der Waals surface area contributed by atoms with Crippen molar-refractivity contribution < 1.29 is 18.5 Å². The van der Waals surface area contributed by atoms with Gasteiger partial charge in [-0.05, 0) is 25.1 Å². The molecule has 1 amide bonds. The molecule has 0 atom stereocenters. The molecule has 3 rings (SSSR count). The van der Waals surface area contributed by atoms with Gasteiger partial charge in [0.25, 0.3) is 5.91 Å². The maximum Gasteiger partial charge on any atom is 0.322 e. The van der Waals surface area contributed by atoms with E-state index in [0.29, 0.717) is 17.0 Å². The zero-order valence-electron chi connectivity index (χ0n) is 11.9. The van der Waals surface area contributed by atoms with Crippen LogP contribution in [-0.4, -0.2) is 28.4 Å². The van der Waals surface area contributed by atoms with Crippen LogP contribution >= 0.6 is 0 Å². The van der Waals surface area contributed by atoms with E-state index in [1.54, 1.807) is 38.3 Å². The standard InChI is InChI=1S/C14H12N4O4/c1-8-6-11(22-18-8)12(19)15-14-17-16-13(21-14)9-4-3-5-10(7-9)20-2/h3-7H,1-2H3,(H,15,17,19). The first-order valence-corrected chi connectivity index (χ1v) is 6.38. The Balaban J connectivity index is 1.77. The number of aryl methyl sites for hydroxylation is 1. The van der Waals surface area contributed by atoms with Gasteiger partial charge in [-0.1, -0.05) is 16.3 Å². The van der Waals surface area contributed by atoms with Gasteiger partial charge in [0.2, 0.25) is 11.7 Å². The highest BCUT2D eigenvalue weighted by atomic mass is 16.5. The summed E-state index contributed by atoms with van der Waals surface area (Å²) in [7, 11) is 1.57. The molecular formula is C14H12N4O4. The average molecular weight is 300 g/mol. The summed E-state index contributed by atoms with van der Waals surface area (Å²) in [5, 5.41) is 13.7. The third kappa shape index (κ3) is 2.80. The van der Waals surface area contributed by atoms with Crippen LogP contribution in [0.5, 0.6) is 5.75 Å². The van der Waals surface area contributed by atoms with Crippen LogP contribution < -0.4 is 10.1 Å². The van der Waals surface area contributed by atoms with Gasteiger partial charge in [0, 0.05) is 11.6 Å². The minimum Gasteiger partial charge on any atom is -0.497 e. The van der Waals surface area contributed by atoms with Gasteiger partial charge in [-0.2, -0.15) is 0 Å². The number of hydrogen-bond acceptors (Lipinski definition) is 7. The normalized spacial score (nSPS) is 10.5. The molecule has 0 saturated heterocycles. The predicted octanol–water partition coefficient (Wildman–Crippen LogP) is 2.29. The average Bonchev–Trinajstić information content (AvgIpc) is 3.16. The number of rotatable bonds is 4. The van der Waals surface area contributed by atoms with Crippen LogP contribution in [0.25, 0.3) is 11.5 Å². The van der Waals surface area contributed by atoms with Crippen molar-refractivity contribution in [3.63, 3.8) is 0 Å². The highest BCUT2D eigenvalue weighted by Crippen LogP contribution is 2.23. The molecule has 0 bridgehead atoms. The van der Waals surface area contributed by atoms with E-state index in [4.69, 9.17) is 13.7 Å². The van der Waals surface area contributed by atoms with Gasteiger partial charge in [0.05, 0.1) is 12.8 Å². The molecule has 2 heterocycles. The van der Waals surface area contributed by atoms with Crippen LogP contribution in [0.4, 0.5) is 6.01 Å². The van der Waals surface area contributed by atoms with Crippen molar-refractivity contribution in [2.75, 3.05) is 12.4 Å². The Bertz CT molecular complexity index is 809. The lowest BCUT2D eigenvalue weighted by atomic mass is 10.2. The van der Waals surface area contributed by atoms with Crippen LogP contribution in [0.15, 0.2) is 39.3 Å². The van der Waals surface area contributed by atoms with Crippen LogP contribution in [0.1, 0.15) is 16.2 Å². The van der Waals surface area contributed by atoms with Crippen molar-refractivity contribution in [3.8, 4) is 17.2 Å². The summed E-state index contributed by atoms with van der Waals surface area (Å²) in [5.74, 6) is 0.487. The van der Waals surface area contributed by atoms with E-state index >= 15 is 0 Å². The van der Waals surface area contributed by atoms with Gasteiger partial charge in [0.15, 0.2) is 0 Å². The zero-order chi connectivity index (χ0) is 15.5. The number of hydrogen-bond donors (Lipinski definition) is 1. The van der Waals surface area contributed by atoms with Crippen molar-refractivity contribution in [3.05, 3.63) is 41.8 Å². The molecule has 0 fully saturated rings. The topological polar surface area (TPSA) is 103 Å². The zero-order valence-corrected chi connectivity index (χ0v) is 11.9. The molecule has 0 unspecified atom stereocenters. The molecule has 8 heteroatoms. The molecule has 22 heavy (non-hydrogen) atoms. The molecule has 1 N–H and O–H groups in total. The minimum absolute atomic E-state index is 0.0307. The third-order valence-electron chi connectivity index (χ3n) is 2.81. The first-order chi connectivity index (χ1) is 10.7. The number of carbonyl (C=O) groups excluding carboxylic acids is 1. The van der Waals surface area contributed by atoms with Gasteiger partial charge in [-0.15, -0.1) is 5.10 Å². The summed E-state index contributed by atoms with van der Waals surface area (Å²) in [6.07, 6.45) is 0. The van der Waals surface area contributed by atoms with Crippen LogP contribution in [-0.2, 0) is 0 Å². The quantitative estimate of drug-likeness (QED) is 0.788. The molecule has 0 aliphatic heterocycles. The number of nitrogens with zero attached hydrogens (tertiary/aromatic N) is 3. The molecule has 0 aliphatic rings. The van der Waals surface area contributed by atoms with Crippen molar-refractivity contribution >= 4 is 11.9 Å². The second-order valence-corrected chi connectivity index (χ2v) is 4.43. The summed E-state index contributed by atoms with van der Waals surface area (Å²) in [5.41, 5.74) is 1.29. The SMILES string of the molecule is COc1cccc(-c2nnc(NC(=O)c3cc(C)no3)o2)c1. The highest BCUT2D eigenvalue weighted by molar-refractivity contribution is 6.00. The largest absolute Gasteiger partial charge is 0.497 e. The molecule has 0 aliphatic carbocycles. The number of anilines is 1. The molecule has 3 aromatic rings. The van der Waals surface area contributed by atoms with E-state index < -0.39 is 5.91 Å². The van der Waals surface area contributed by atoms with Crippen molar-refractivity contribution in [2.24, 2.45) is 0 Å². The molecule has 2 aromatic heterocycles. The molecule has 8 nitrogen and oxygen atoms in total. The fourth-order valence-corrected chi connectivity index (χ4v) is 1.78. The van der Waals surface area contributed by atoms with Gasteiger partial charge < -0.3 is 13.7 Å². The Morgan fingerprint density at radius 1 is 1.27 bits per heavy atom. The first kappa shape index (κ1) is 13.8. The fourth-order valence-electron chi connectivity index (χ4n) is 1.78. The maximum atomic E-state index is 11.9. The Labute approximate surface area is 125 Å². The molecule has 0 saturated carbocycles. The Kier molecular flexibility index (Phi) is 3.57. The van der Waals surface area contributed by atoms with Gasteiger partial charge >= 0.3 is 6.01 Å². The smallest absolute Gasteiger partial charge is 0.322 e. The number of aromatic nitrogens is 3. The molecule has 1 aromatic carbocycles. The summed E-state index contributed by atoms with van der Waals surface area (Å²) < 4.78 is 15.4. The maximum absolute atomic E-state index is 11.9. The van der Waals surface area contributed by atoms with Crippen LogP contribution in [0.3, 0.4) is 0 Å². The lowest BCUT2D eigenvalue weighted by Gasteiger charge is -2.00. The van der Waals surface area contributed by atoms with E-state index in [-0.39, 0.29) is 17.7 Å². The lowest BCUT2D eigenvalue weighted by molar-refractivity contribution is 0.0985. The first-order valence-electron chi connectivity index (χ1n) is 6.38. The summed E-state index contributed by atoms with van der Waals surface area (Å²) >= 11 is 0. The van der Waals surface area contributed by atoms with E-state index in [9.17, 15) is 4.79 Å². The monoisotopic (exact) mass is 300 g/mol. The van der Waals surface area contributed by atoms with Gasteiger partial charge in [-0.3, -0.25) is 10.1 Å². The van der Waals surface area contributed by atoms with E-state index in [1.807, 2.05) is 0 Å². The van der Waals surface area contributed by atoms with Crippen molar-refractivity contribution in [1.29, 1.82) is 0 Å². The second kappa shape index (κ2) is 5.68. The molecule has 0 radical (unpaired) electrons. The predicted molar refractivity (Wildman–Crippen MR) is 75.5 cm³/mol.